The summed E-state index contributed by atoms with van der Waals surface area (Å²) in [6, 6.07) is 6.63. The molecule has 9 heteroatoms. The van der Waals surface area contributed by atoms with Gasteiger partial charge in [0.1, 0.15) is 11.6 Å². The first-order valence-electron chi connectivity index (χ1n) is 9.72. The van der Waals surface area contributed by atoms with E-state index in [2.05, 4.69) is 24.9 Å². The largest absolute Gasteiger partial charge is 0.357 e. The number of anilines is 2. The molecule has 1 amide bonds. The summed E-state index contributed by atoms with van der Waals surface area (Å²) in [6.45, 7) is 6.91. The molecule has 1 aliphatic heterocycles. The molecule has 3 rings (SSSR count). The monoisotopic (exact) mass is 417 g/mol. The lowest BCUT2D eigenvalue weighted by Crippen LogP contribution is -2.31. The van der Waals surface area contributed by atoms with E-state index in [1.54, 1.807) is 19.1 Å². The van der Waals surface area contributed by atoms with Gasteiger partial charge in [-0.25, -0.2) is 23.1 Å². The average Bonchev–Trinajstić information content (AvgIpc) is 2.66. The Bertz CT molecular complexity index is 1000. The van der Waals surface area contributed by atoms with Crippen LogP contribution < -0.4 is 14.9 Å². The molecule has 0 atom stereocenters. The predicted octanol–water partition coefficient (Wildman–Crippen LogP) is 2.52. The Hall–Kier alpha value is -2.52. The normalized spacial score (nSPS) is 14.7. The highest BCUT2D eigenvalue weighted by molar-refractivity contribution is 7.89. The van der Waals surface area contributed by atoms with Crippen molar-refractivity contribution in [3.8, 4) is 0 Å². The molecule has 0 saturated carbocycles. The van der Waals surface area contributed by atoms with Gasteiger partial charge in [-0.3, -0.25) is 4.79 Å². The Morgan fingerprint density at radius 3 is 2.48 bits per heavy atom. The lowest BCUT2D eigenvalue weighted by atomic mass is 10.1. The third kappa shape index (κ3) is 5.51. The van der Waals surface area contributed by atoms with Gasteiger partial charge in [-0.2, -0.15) is 0 Å². The van der Waals surface area contributed by atoms with Crippen molar-refractivity contribution >= 4 is 27.4 Å². The first-order valence-corrected chi connectivity index (χ1v) is 11.2. The van der Waals surface area contributed by atoms with Gasteiger partial charge in [-0.1, -0.05) is 0 Å². The third-order valence-corrected chi connectivity index (χ3v) is 6.33. The van der Waals surface area contributed by atoms with Crippen molar-refractivity contribution in [1.82, 2.24) is 14.7 Å². The van der Waals surface area contributed by atoms with Gasteiger partial charge in [0.15, 0.2) is 0 Å². The maximum atomic E-state index is 12.8. The summed E-state index contributed by atoms with van der Waals surface area (Å²) in [6.07, 6.45) is 3.50. The number of amides is 1. The van der Waals surface area contributed by atoms with Crippen LogP contribution in [0.3, 0.4) is 0 Å². The van der Waals surface area contributed by atoms with Crippen molar-refractivity contribution < 1.29 is 13.2 Å². The van der Waals surface area contributed by atoms with Crippen molar-refractivity contribution in [2.75, 3.05) is 23.3 Å². The molecule has 1 aromatic carbocycles. The van der Waals surface area contributed by atoms with Crippen LogP contribution in [0.1, 0.15) is 43.3 Å². The van der Waals surface area contributed by atoms with Gasteiger partial charge in [0.25, 0.3) is 0 Å². The smallest absolute Gasteiger partial charge is 0.241 e. The molecule has 1 saturated heterocycles. The number of nitrogens with one attached hydrogen (secondary N) is 2. The highest BCUT2D eigenvalue weighted by atomic mass is 32.2. The summed E-state index contributed by atoms with van der Waals surface area (Å²) in [4.78, 5) is 22.5. The molecule has 0 unspecified atom stereocenters. The van der Waals surface area contributed by atoms with Crippen molar-refractivity contribution in [2.45, 2.75) is 51.5 Å². The molecule has 156 valence electrons. The van der Waals surface area contributed by atoms with Crippen molar-refractivity contribution in [2.24, 2.45) is 0 Å². The number of sulfonamides is 1. The van der Waals surface area contributed by atoms with Crippen LogP contribution in [-0.2, 0) is 21.4 Å². The molecule has 8 nitrogen and oxygen atoms in total. The molecule has 0 radical (unpaired) electrons. The maximum Gasteiger partial charge on any atom is 0.241 e. The lowest BCUT2D eigenvalue weighted by molar-refractivity contribution is -0.114. The zero-order chi connectivity index (χ0) is 21.0. The fraction of sp³-hybridized carbons (Fsp3) is 0.450. The number of carbonyl (C=O) groups is 1. The summed E-state index contributed by atoms with van der Waals surface area (Å²) in [5.41, 5.74) is 1.91. The number of aromatic nitrogens is 2. The van der Waals surface area contributed by atoms with Gasteiger partial charge < -0.3 is 10.2 Å². The quantitative estimate of drug-likeness (QED) is 0.748. The van der Waals surface area contributed by atoms with Crippen LogP contribution in [0.4, 0.5) is 11.5 Å². The predicted molar refractivity (Wildman–Crippen MR) is 112 cm³/mol. The van der Waals surface area contributed by atoms with Crippen LogP contribution in [0.25, 0.3) is 0 Å². The molecular formula is C20H27N5O3S. The molecule has 1 aliphatic rings. The molecule has 1 fully saturated rings. The van der Waals surface area contributed by atoms with Crippen molar-refractivity contribution in [3.63, 3.8) is 0 Å². The third-order valence-electron chi connectivity index (χ3n) is 4.77. The van der Waals surface area contributed by atoms with Gasteiger partial charge in [-0.15, -0.1) is 0 Å². The van der Waals surface area contributed by atoms with Gasteiger partial charge >= 0.3 is 0 Å². The summed E-state index contributed by atoms with van der Waals surface area (Å²) in [7, 11) is -3.74. The van der Waals surface area contributed by atoms with Gasteiger partial charge in [0, 0.05) is 37.5 Å². The Labute approximate surface area is 171 Å². The van der Waals surface area contributed by atoms with Gasteiger partial charge in [0.2, 0.25) is 15.9 Å². The molecule has 2 aromatic rings. The van der Waals surface area contributed by atoms with E-state index in [1.807, 2.05) is 13.0 Å². The van der Waals surface area contributed by atoms with Crippen LogP contribution in [0.15, 0.2) is 29.2 Å². The topological polar surface area (TPSA) is 104 Å². The van der Waals surface area contributed by atoms with E-state index in [-0.39, 0.29) is 17.3 Å². The lowest BCUT2D eigenvalue weighted by Gasteiger charge is -2.28. The number of nitrogens with zero attached hydrogens (tertiary/aromatic N) is 3. The average molecular weight is 418 g/mol. The van der Waals surface area contributed by atoms with E-state index < -0.39 is 10.0 Å². The minimum Gasteiger partial charge on any atom is -0.357 e. The first-order chi connectivity index (χ1) is 13.7. The zero-order valence-corrected chi connectivity index (χ0v) is 17.8. The molecule has 29 heavy (non-hydrogen) atoms. The minimum atomic E-state index is -3.74. The van der Waals surface area contributed by atoms with Crippen molar-refractivity contribution in [1.29, 1.82) is 0 Å². The molecular weight excluding hydrogens is 390 g/mol. The Morgan fingerprint density at radius 1 is 1.10 bits per heavy atom. The van der Waals surface area contributed by atoms with Crippen LogP contribution >= 0.6 is 0 Å². The van der Waals surface area contributed by atoms with Crippen LogP contribution in [0.5, 0.6) is 0 Å². The van der Waals surface area contributed by atoms with E-state index in [4.69, 9.17) is 0 Å². The molecule has 1 aromatic heterocycles. The molecule has 0 bridgehead atoms. The summed E-state index contributed by atoms with van der Waals surface area (Å²) in [5.74, 6) is 1.09. The van der Waals surface area contributed by atoms with Crippen LogP contribution in [0, 0.1) is 13.8 Å². The van der Waals surface area contributed by atoms with Gasteiger partial charge in [-0.05, 0) is 56.9 Å². The number of hydrogen-bond donors (Lipinski definition) is 2. The summed E-state index contributed by atoms with van der Waals surface area (Å²) in [5, 5.41) is 2.65. The molecule has 0 aliphatic carbocycles. The van der Waals surface area contributed by atoms with Gasteiger partial charge in [0.05, 0.1) is 11.4 Å². The van der Waals surface area contributed by atoms with E-state index in [0.717, 1.165) is 37.4 Å². The van der Waals surface area contributed by atoms with Crippen molar-refractivity contribution in [3.05, 3.63) is 41.3 Å². The zero-order valence-electron chi connectivity index (χ0n) is 17.0. The summed E-state index contributed by atoms with van der Waals surface area (Å²) >= 11 is 0. The number of benzene rings is 1. The summed E-state index contributed by atoms with van der Waals surface area (Å²) < 4.78 is 28.1. The minimum absolute atomic E-state index is 0.0116. The number of carbonyl (C=O) groups excluding carboxylic acids is 1. The molecule has 2 heterocycles. The first kappa shape index (κ1) is 21.2. The highest BCUT2D eigenvalue weighted by Gasteiger charge is 2.19. The second-order valence-electron chi connectivity index (χ2n) is 7.32. The van der Waals surface area contributed by atoms with E-state index in [0.29, 0.717) is 17.1 Å². The molecule has 2 N–H and O–H groups in total. The fourth-order valence-corrected chi connectivity index (χ4v) is 4.65. The Morgan fingerprint density at radius 2 is 1.83 bits per heavy atom. The highest BCUT2D eigenvalue weighted by Crippen LogP contribution is 2.21. The number of hydrogen-bond acceptors (Lipinski definition) is 6. The second-order valence-corrected chi connectivity index (χ2v) is 9.05. The van der Waals surface area contributed by atoms with E-state index in [1.165, 1.54) is 19.4 Å². The number of aryl methyl sites for hydroxylation is 2. The number of rotatable bonds is 6. The maximum absolute atomic E-state index is 12.8. The Balaban J connectivity index is 1.75. The second kappa shape index (κ2) is 8.87. The standard InChI is InChI=1S/C20H27N5O3S/c1-14-11-17(23-16(3)26)7-8-18(14)29(27,28)21-13-19-22-15(2)12-20(24-19)25-9-5-4-6-10-25/h7-8,11-12,21H,4-6,9-10,13H2,1-3H3,(H,23,26). The van der Waals surface area contributed by atoms with E-state index in [9.17, 15) is 13.2 Å². The SMILES string of the molecule is CC(=O)Nc1ccc(S(=O)(=O)NCc2nc(C)cc(N3CCCCC3)n2)c(C)c1. The van der Waals surface area contributed by atoms with Crippen LogP contribution in [0.2, 0.25) is 0 Å². The van der Waals surface area contributed by atoms with Crippen LogP contribution in [-0.4, -0.2) is 37.4 Å². The Kier molecular flexibility index (Phi) is 6.49. The van der Waals surface area contributed by atoms with E-state index >= 15 is 0 Å². The fourth-order valence-electron chi connectivity index (χ4n) is 3.45. The molecule has 0 spiro atoms. The number of piperidine rings is 1.